The van der Waals surface area contributed by atoms with Gasteiger partial charge in [-0.2, -0.15) is 0 Å². The molecule has 2 aromatic rings. The van der Waals surface area contributed by atoms with Gasteiger partial charge >= 0.3 is 0 Å². The maximum Gasteiger partial charge on any atom is 0.119 e. The van der Waals surface area contributed by atoms with Crippen LogP contribution in [-0.2, 0) is 0 Å². The summed E-state index contributed by atoms with van der Waals surface area (Å²) < 4.78 is 10.2. The molecule has 1 aromatic carbocycles. The van der Waals surface area contributed by atoms with E-state index in [2.05, 4.69) is 4.98 Å². The van der Waals surface area contributed by atoms with E-state index >= 15 is 0 Å². The minimum absolute atomic E-state index is 0.701. The molecule has 90 valence electrons. The van der Waals surface area contributed by atoms with Crippen LogP contribution in [0.5, 0.6) is 11.5 Å². The summed E-state index contributed by atoms with van der Waals surface area (Å²) in [5.41, 5.74) is 0. The van der Waals surface area contributed by atoms with Crippen LogP contribution in [0.1, 0.15) is 6.92 Å². The summed E-state index contributed by atoms with van der Waals surface area (Å²) >= 11 is 0. The van der Waals surface area contributed by atoms with Crippen LogP contribution < -0.4 is 9.47 Å². The van der Waals surface area contributed by atoms with E-state index in [1.807, 2.05) is 49.4 Å². The summed E-state index contributed by atoms with van der Waals surface area (Å²) in [7, 11) is 1.65. The first-order valence-electron chi connectivity index (χ1n) is 5.48. The molecule has 0 saturated carbocycles. The largest absolute Gasteiger partial charge is 0.497 e. The minimum Gasteiger partial charge on any atom is -0.497 e. The molecule has 0 N–H and O–H groups in total. The van der Waals surface area contributed by atoms with Gasteiger partial charge in [0.2, 0.25) is 0 Å². The first-order valence-corrected chi connectivity index (χ1v) is 5.48. The van der Waals surface area contributed by atoms with Gasteiger partial charge in [-0.25, -0.2) is 0 Å². The van der Waals surface area contributed by atoms with Crippen LogP contribution in [0.15, 0.2) is 54.9 Å². The second-order valence-electron chi connectivity index (χ2n) is 3.13. The Morgan fingerprint density at radius 1 is 0.941 bits per heavy atom. The number of nitrogens with zero attached hydrogens (tertiary/aromatic N) is 1. The molecular weight excluding hydrogens is 214 g/mol. The predicted octanol–water partition coefficient (Wildman–Crippen LogP) is 3.18. The van der Waals surface area contributed by atoms with Crippen molar-refractivity contribution in [1.29, 1.82) is 0 Å². The fourth-order valence-electron chi connectivity index (χ4n) is 1.15. The molecule has 0 aliphatic heterocycles. The number of methoxy groups -OCH3 is 1. The maximum atomic E-state index is 5.25. The average Bonchev–Trinajstić information content (AvgIpc) is 2.43. The fraction of sp³-hybridized carbons (Fsp3) is 0.214. The van der Waals surface area contributed by atoms with Crippen LogP contribution in [0, 0.1) is 0 Å². The van der Waals surface area contributed by atoms with E-state index in [0.29, 0.717) is 6.61 Å². The summed E-state index contributed by atoms with van der Waals surface area (Å²) in [6.07, 6.45) is 3.50. The van der Waals surface area contributed by atoms with Crippen molar-refractivity contribution in [3.05, 3.63) is 54.9 Å². The highest BCUT2D eigenvalue weighted by atomic mass is 16.5. The molecule has 0 aliphatic rings. The molecule has 3 heteroatoms. The van der Waals surface area contributed by atoms with E-state index in [1.165, 1.54) is 0 Å². The van der Waals surface area contributed by atoms with Crippen LogP contribution in [0.4, 0.5) is 0 Å². The normalized spacial score (nSPS) is 8.82. The van der Waals surface area contributed by atoms with Crippen molar-refractivity contribution in [1.82, 2.24) is 4.98 Å². The van der Waals surface area contributed by atoms with Gasteiger partial charge in [-0.3, -0.25) is 4.98 Å². The second kappa shape index (κ2) is 8.16. The lowest BCUT2D eigenvalue weighted by Gasteiger charge is -2.03. The van der Waals surface area contributed by atoms with Crippen LogP contribution in [-0.4, -0.2) is 18.7 Å². The quantitative estimate of drug-likeness (QED) is 0.813. The summed E-state index contributed by atoms with van der Waals surface area (Å²) in [6.45, 7) is 2.66. The predicted molar refractivity (Wildman–Crippen MR) is 68.4 cm³/mol. The summed E-state index contributed by atoms with van der Waals surface area (Å²) in [5, 5.41) is 0. The van der Waals surface area contributed by atoms with E-state index < -0.39 is 0 Å². The van der Waals surface area contributed by atoms with Gasteiger partial charge in [0.15, 0.2) is 0 Å². The van der Waals surface area contributed by atoms with Crippen LogP contribution in [0.2, 0.25) is 0 Å². The molecule has 0 radical (unpaired) electrons. The molecule has 0 atom stereocenters. The lowest BCUT2D eigenvalue weighted by atomic mass is 10.3. The first-order chi connectivity index (χ1) is 8.36. The van der Waals surface area contributed by atoms with Crippen molar-refractivity contribution in [3.63, 3.8) is 0 Å². The maximum absolute atomic E-state index is 5.25. The van der Waals surface area contributed by atoms with E-state index in [0.717, 1.165) is 11.5 Å². The SMILES string of the molecule is CCOc1ccc(OC)cc1.c1ccncc1. The number of hydrogen-bond donors (Lipinski definition) is 0. The molecule has 0 amide bonds. The summed E-state index contributed by atoms with van der Waals surface area (Å²) in [5.74, 6) is 1.74. The molecule has 0 spiro atoms. The van der Waals surface area contributed by atoms with Gasteiger partial charge in [0.25, 0.3) is 0 Å². The molecule has 0 saturated heterocycles. The van der Waals surface area contributed by atoms with Gasteiger partial charge in [-0.1, -0.05) is 6.07 Å². The van der Waals surface area contributed by atoms with Crippen molar-refractivity contribution in [3.8, 4) is 11.5 Å². The Bertz CT molecular complexity index is 360. The average molecular weight is 231 g/mol. The highest BCUT2D eigenvalue weighted by Gasteiger charge is 1.91. The molecular formula is C14H17NO2. The topological polar surface area (TPSA) is 31.4 Å². The zero-order valence-corrected chi connectivity index (χ0v) is 10.2. The van der Waals surface area contributed by atoms with Gasteiger partial charge in [0.05, 0.1) is 13.7 Å². The van der Waals surface area contributed by atoms with Crippen LogP contribution >= 0.6 is 0 Å². The molecule has 1 heterocycles. The Labute approximate surface area is 102 Å². The van der Waals surface area contributed by atoms with E-state index in [4.69, 9.17) is 9.47 Å². The third-order valence-corrected chi connectivity index (χ3v) is 1.94. The van der Waals surface area contributed by atoms with Gasteiger partial charge in [-0.15, -0.1) is 0 Å². The molecule has 1 aromatic heterocycles. The third-order valence-electron chi connectivity index (χ3n) is 1.94. The number of aromatic nitrogens is 1. The monoisotopic (exact) mass is 231 g/mol. The summed E-state index contributed by atoms with van der Waals surface area (Å²) in [6, 6.07) is 13.3. The van der Waals surface area contributed by atoms with Crippen molar-refractivity contribution in [2.24, 2.45) is 0 Å². The van der Waals surface area contributed by atoms with E-state index in [9.17, 15) is 0 Å². The van der Waals surface area contributed by atoms with Crippen LogP contribution in [0.25, 0.3) is 0 Å². The van der Waals surface area contributed by atoms with Gasteiger partial charge in [0.1, 0.15) is 11.5 Å². The number of ether oxygens (including phenoxy) is 2. The molecule has 0 aliphatic carbocycles. The molecule has 2 rings (SSSR count). The Balaban J connectivity index is 0.000000202. The zero-order chi connectivity index (χ0) is 12.3. The highest BCUT2D eigenvalue weighted by Crippen LogP contribution is 2.16. The number of benzene rings is 1. The zero-order valence-electron chi connectivity index (χ0n) is 10.2. The highest BCUT2D eigenvalue weighted by molar-refractivity contribution is 5.30. The minimum atomic E-state index is 0.701. The van der Waals surface area contributed by atoms with Gasteiger partial charge < -0.3 is 9.47 Å². The molecule has 17 heavy (non-hydrogen) atoms. The smallest absolute Gasteiger partial charge is 0.119 e. The Kier molecular flexibility index (Phi) is 6.26. The summed E-state index contributed by atoms with van der Waals surface area (Å²) in [4.78, 5) is 3.78. The molecule has 3 nitrogen and oxygen atoms in total. The third kappa shape index (κ3) is 5.56. The Morgan fingerprint density at radius 2 is 1.53 bits per heavy atom. The standard InChI is InChI=1S/C9H12O2.C5H5N/c1-3-11-9-6-4-8(10-2)5-7-9;1-2-4-6-5-3-1/h4-7H,3H2,1-2H3;1-5H. The Morgan fingerprint density at radius 3 is 1.88 bits per heavy atom. The second-order valence-corrected chi connectivity index (χ2v) is 3.13. The first kappa shape index (κ1) is 13.0. The van der Waals surface area contributed by atoms with Crippen molar-refractivity contribution in [2.45, 2.75) is 6.92 Å². The van der Waals surface area contributed by atoms with Crippen molar-refractivity contribution in [2.75, 3.05) is 13.7 Å². The van der Waals surface area contributed by atoms with E-state index in [-0.39, 0.29) is 0 Å². The lowest BCUT2D eigenvalue weighted by Crippen LogP contribution is -1.90. The number of pyridine rings is 1. The van der Waals surface area contributed by atoms with Gasteiger partial charge in [0, 0.05) is 12.4 Å². The van der Waals surface area contributed by atoms with Crippen molar-refractivity contribution < 1.29 is 9.47 Å². The van der Waals surface area contributed by atoms with Gasteiger partial charge in [-0.05, 0) is 43.3 Å². The van der Waals surface area contributed by atoms with Crippen molar-refractivity contribution >= 4 is 0 Å². The number of hydrogen-bond acceptors (Lipinski definition) is 3. The lowest BCUT2D eigenvalue weighted by molar-refractivity contribution is 0.339. The number of rotatable bonds is 3. The van der Waals surface area contributed by atoms with E-state index in [1.54, 1.807) is 19.5 Å². The molecule has 0 unspecified atom stereocenters. The molecule has 0 fully saturated rings. The Hall–Kier alpha value is -2.03. The molecule has 0 bridgehead atoms. The fourth-order valence-corrected chi connectivity index (χ4v) is 1.15. The van der Waals surface area contributed by atoms with Crippen LogP contribution in [0.3, 0.4) is 0 Å².